The number of H-pyrrole nitrogens is 1. The van der Waals surface area contributed by atoms with Crippen LogP contribution in [0.1, 0.15) is 35.5 Å². The molecule has 0 saturated heterocycles. The van der Waals surface area contributed by atoms with Gasteiger partial charge in [0.05, 0.1) is 12.3 Å². The van der Waals surface area contributed by atoms with Gasteiger partial charge in [0.15, 0.2) is 0 Å². The van der Waals surface area contributed by atoms with E-state index in [9.17, 15) is 9.59 Å². The average Bonchev–Trinajstić information content (AvgIpc) is 2.30. The van der Waals surface area contributed by atoms with Crippen molar-refractivity contribution in [2.24, 2.45) is 0 Å². The van der Waals surface area contributed by atoms with Crippen molar-refractivity contribution >= 4 is 5.91 Å². The fourth-order valence-corrected chi connectivity index (χ4v) is 1.73. The molecule has 0 radical (unpaired) electrons. The molecule has 0 saturated carbocycles. The predicted molar refractivity (Wildman–Crippen MR) is 67.6 cm³/mol. The molecule has 0 aliphatic carbocycles. The van der Waals surface area contributed by atoms with E-state index in [2.05, 4.69) is 10.2 Å². The molecule has 0 spiro atoms. The summed E-state index contributed by atoms with van der Waals surface area (Å²) in [6, 6.07) is -0.0862. The lowest BCUT2D eigenvalue weighted by Crippen LogP contribution is -2.42. The Kier molecular flexibility index (Phi) is 4.61. The van der Waals surface area contributed by atoms with Gasteiger partial charge in [-0.3, -0.25) is 9.59 Å². The van der Waals surface area contributed by atoms with Crippen LogP contribution in [0.15, 0.2) is 4.79 Å². The first-order valence-corrected chi connectivity index (χ1v) is 5.87. The van der Waals surface area contributed by atoms with Crippen molar-refractivity contribution in [2.45, 2.75) is 33.7 Å². The molecule has 0 fully saturated rings. The van der Waals surface area contributed by atoms with Crippen molar-refractivity contribution in [3.63, 3.8) is 0 Å². The lowest BCUT2D eigenvalue weighted by atomic mass is 10.1. The Balaban J connectivity index is 3.25. The summed E-state index contributed by atoms with van der Waals surface area (Å²) in [6.07, 6.45) is 0. The SMILES string of the molecule is Cc1n[nH]c(=O)c(C(=O)N(CCO)C(C)C)c1C. The van der Waals surface area contributed by atoms with Gasteiger partial charge < -0.3 is 10.0 Å². The number of hydrogen-bond acceptors (Lipinski definition) is 4. The van der Waals surface area contributed by atoms with Gasteiger partial charge in [-0.25, -0.2) is 5.10 Å². The van der Waals surface area contributed by atoms with E-state index in [0.717, 1.165) is 0 Å². The Hall–Kier alpha value is -1.69. The first kappa shape index (κ1) is 14.4. The third-order valence-electron chi connectivity index (χ3n) is 2.91. The maximum Gasteiger partial charge on any atom is 0.277 e. The number of aryl methyl sites for hydroxylation is 1. The van der Waals surface area contributed by atoms with Crippen LogP contribution in [-0.2, 0) is 0 Å². The van der Waals surface area contributed by atoms with Gasteiger partial charge in [-0.15, -0.1) is 0 Å². The lowest BCUT2D eigenvalue weighted by Gasteiger charge is -2.26. The zero-order valence-electron chi connectivity index (χ0n) is 11.1. The molecule has 1 heterocycles. The molecule has 2 N–H and O–H groups in total. The number of aromatic amines is 1. The molecule has 1 amide bonds. The van der Waals surface area contributed by atoms with Gasteiger partial charge in [0, 0.05) is 12.6 Å². The van der Waals surface area contributed by atoms with Gasteiger partial charge in [0.2, 0.25) is 0 Å². The Morgan fingerprint density at radius 1 is 1.44 bits per heavy atom. The molecule has 1 aromatic heterocycles. The van der Waals surface area contributed by atoms with Crippen molar-refractivity contribution < 1.29 is 9.90 Å². The average molecular weight is 253 g/mol. The zero-order valence-corrected chi connectivity index (χ0v) is 11.1. The van der Waals surface area contributed by atoms with Crippen LogP contribution in [0.25, 0.3) is 0 Å². The number of nitrogens with zero attached hydrogens (tertiary/aromatic N) is 2. The summed E-state index contributed by atoms with van der Waals surface area (Å²) < 4.78 is 0. The van der Waals surface area contributed by atoms with Gasteiger partial charge in [-0.1, -0.05) is 0 Å². The minimum atomic E-state index is -0.494. The number of aliphatic hydroxyl groups excluding tert-OH is 1. The minimum absolute atomic E-state index is 0.0862. The molecule has 0 aliphatic rings. The summed E-state index contributed by atoms with van der Waals surface area (Å²) in [5, 5.41) is 15.1. The highest BCUT2D eigenvalue weighted by atomic mass is 16.3. The smallest absolute Gasteiger partial charge is 0.277 e. The highest BCUT2D eigenvalue weighted by Gasteiger charge is 2.23. The molecular formula is C12H19N3O3. The number of aromatic nitrogens is 2. The first-order chi connectivity index (χ1) is 8.40. The number of aliphatic hydroxyl groups is 1. The molecule has 0 aliphatic heterocycles. The summed E-state index contributed by atoms with van der Waals surface area (Å²) in [4.78, 5) is 25.5. The minimum Gasteiger partial charge on any atom is -0.395 e. The third kappa shape index (κ3) is 2.76. The summed E-state index contributed by atoms with van der Waals surface area (Å²) >= 11 is 0. The van der Waals surface area contributed by atoms with Crippen molar-refractivity contribution in [3.05, 3.63) is 27.2 Å². The van der Waals surface area contributed by atoms with Crippen LogP contribution < -0.4 is 5.56 Å². The van der Waals surface area contributed by atoms with Crippen molar-refractivity contribution in [3.8, 4) is 0 Å². The fourth-order valence-electron chi connectivity index (χ4n) is 1.73. The number of carbonyl (C=O) groups excluding carboxylic acids is 1. The van der Waals surface area contributed by atoms with Gasteiger partial charge in [0.1, 0.15) is 5.56 Å². The molecule has 1 rings (SSSR count). The van der Waals surface area contributed by atoms with Crippen LogP contribution in [0.3, 0.4) is 0 Å². The second-order valence-corrected chi connectivity index (χ2v) is 4.45. The van der Waals surface area contributed by atoms with Crippen LogP contribution in [0, 0.1) is 13.8 Å². The number of nitrogens with one attached hydrogen (secondary N) is 1. The maximum atomic E-state index is 12.3. The van der Waals surface area contributed by atoms with Crippen molar-refractivity contribution in [2.75, 3.05) is 13.2 Å². The summed E-state index contributed by atoms with van der Waals surface area (Å²) in [7, 11) is 0. The second kappa shape index (κ2) is 5.77. The normalized spacial score (nSPS) is 10.8. The number of amides is 1. The third-order valence-corrected chi connectivity index (χ3v) is 2.91. The van der Waals surface area contributed by atoms with Gasteiger partial charge >= 0.3 is 0 Å². The number of hydrogen-bond donors (Lipinski definition) is 2. The Morgan fingerprint density at radius 2 is 2.06 bits per heavy atom. The largest absolute Gasteiger partial charge is 0.395 e. The highest BCUT2D eigenvalue weighted by Crippen LogP contribution is 2.10. The van der Waals surface area contributed by atoms with E-state index in [1.807, 2.05) is 13.8 Å². The molecule has 0 bridgehead atoms. The molecule has 0 unspecified atom stereocenters. The van der Waals surface area contributed by atoms with E-state index in [-0.39, 0.29) is 30.7 Å². The van der Waals surface area contributed by atoms with E-state index < -0.39 is 5.56 Å². The van der Waals surface area contributed by atoms with Crippen LogP contribution in [0.2, 0.25) is 0 Å². The van der Waals surface area contributed by atoms with Crippen LogP contribution in [0.5, 0.6) is 0 Å². The zero-order chi connectivity index (χ0) is 13.9. The molecule has 100 valence electrons. The molecule has 18 heavy (non-hydrogen) atoms. The van der Waals surface area contributed by atoms with E-state index >= 15 is 0 Å². The standard InChI is InChI=1S/C12H19N3O3/c1-7(2)15(5-6-16)12(18)10-8(3)9(4)13-14-11(10)17/h7,16H,5-6H2,1-4H3,(H,14,17). The summed E-state index contributed by atoms with van der Waals surface area (Å²) in [5.41, 5.74) is 0.800. The Morgan fingerprint density at radius 3 is 2.56 bits per heavy atom. The monoisotopic (exact) mass is 253 g/mol. The van der Waals surface area contributed by atoms with Gasteiger partial charge in [0.25, 0.3) is 11.5 Å². The molecule has 6 heteroatoms. The molecule has 1 aromatic rings. The highest BCUT2D eigenvalue weighted by molar-refractivity contribution is 5.95. The van der Waals surface area contributed by atoms with E-state index in [0.29, 0.717) is 11.3 Å². The van der Waals surface area contributed by atoms with Crippen LogP contribution >= 0.6 is 0 Å². The molecule has 0 atom stereocenters. The first-order valence-electron chi connectivity index (χ1n) is 5.87. The quantitative estimate of drug-likeness (QED) is 0.804. The number of rotatable bonds is 4. The lowest BCUT2D eigenvalue weighted by molar-refractivity contribution is 0.0662. The van der Waals surface area contributed by atoms with E-state index in [1.165, 1.54) is 4.90 Å². The number of carbonyl (C=O) groups is 1. The van der Waals surface area contributed by atoms with Crippen molar-refractivity contribution in [1.82, 2.24) is 15.1 Å². The topological polar surface area (TPSA) is 86.3 Å². The maximum absolute atomic E-state index is 12.3. The molecular weight excluding hydrogens is 234 g/mol. The Labute approximate surface area is 106 Å². The van der Waals surface area contributed by atoms with Crippen LogP contribution in [0.4, 0.5) is 0 Å². The summed E-state index contributed by atoms with van der Waals surface area (Å²) in [6.45, 7) is 7.17. The van der Waals surface area contributed by atoms with Gasteiger partial charge in [-0.2, -0.15) is 5.10 Å². The molecule has 6 nitrogen and oxygen atoms in total. The van der Waals surface area contributed by atoms with E-state index in [4.69, 9.17) is 5.11 Å². The summed E-state index contributed by atoms with van der Waals surface area (Å²) in [5.74, 6) is -0.372. The van der Waals surface area contributed by atoms with Gasteiger partial charge in [-0.05, 0) is 33.3 Å². The van der Waals surface area contributed by atoms with Crippen molar-refractivity contribution in [1.29, 1.82) is 0 Å². The van der Waals surface area contributed by atoms with Crippen LogP contribution in [-0.4, -0.2) is 45.3 Å². The second-order valence-electron chi connectivity index (χ2n) is 4.45. The fraction of sp³-hybridized carbons (Fsp3) is 0.583. The van der Waals surface area contributed by atoms with E-state index in [1.54, 1.807) is 13.8 Å². The Bertz CT molecular complexity index is 494. The molecule has 0 aromatic carbocycles. The predicted octanol–water partition coefficient (Wildman–Crippen LogP) is 0.230.